The van der Waals surface area contributed by atoms with Gasteiger partial charge in [-0.25, -0.2) is 0 Å². The number of carbonyl (C=O) groups excluding carboxylic acids is 1. The predicted octanol–water partition coefficient (Wildman–Crippen LogP) is 3.67. The summed E-state index contributed by atoms with van der Waals surface area (Å²) in [4.78, 5) is 13.4. The van der Waals surface area contributed by atoms with E-state index in [2.05, 4.69) is 5.32 Å². The van der Waals surface area contributed by atoms with Gasteiger partial charge in [0, 0.05) is 24.0 Å². The first-order valence-electron chi connectivity index (χ1n) is 8.78. The number of anilines is 1. The van der Waals surface area contributed by atoms with Gasteiger partial charge in [-0.15, -0.1) is 0 Å². The van der Waals surface area contributed by atoms with Crippen molar-refractivity contribution in [2.24, 2.45) is 5.73 Å². The van der Waals surface area contributed by atoms with Crippen molar-refractivity contribution in [3.8, 4) is 11.5 Å². The maximum Gasteiger partial charge on any atom is 0.205 e. The number of nitrogens with one attached hydrogen (secondary N) is 1. The van der Waals surface area contributed by atoms with Gasteiger partial charge in [0.2, 0.25) is 5.88 Å². The number of furan rings is 1. The number of hydrogen-bond donors (Lipinski definition) is 3. The van der Waals surface area contributed by atoms with Gasteiger partial charge >= 0.3 is 0 Å². The molecule has 3 aromatic rings. The second kappa shape index (κ2) is 7.32. The lowest BCUT2D eigenvalue weighted by molar-refractivity contribution is 0.104. The SMILES string of the molecule is COc1cc(C(=O)c2c(NCCN)oc3c(O)c(C)ccc23)cc(C)c1C. The predicted molar refractivity (Wildman–Crippen MR) is 106 cm³/mol. The molecule has 0 saturated heterocycles. The number of rotatable bonds is 6. The summed E-state index contributed by atoms with van der Waals surface area (Å²) in [5, 5.41) is 14.0. The van der Waals surface area contributed by atoms with Crippen molar-refractivity contribution in [3.05, 3.63) is 52.1 Å². The van der Waals surface area contributed by atoms with Crippen LogP contribution in [0, 0.1) is 20.8 Å². The highest BCUT2D eigenvalue weighted by molar-refractivity contribution is 6.20. The highest BCUT2D eigenvalue weighted by atomic mass is 16.5. The number of phenols is 1. The first-order valence-corrected chi connectivity index (χ1v) is 8.78. The van der Waals surface area contributed by atoms with Crippen LogP contribution in [0.15, 0.2) is 28.7 Å². The molecule has 6 heteroatoms. The lowest BCUT2D eigenvalue weighted by Crippen LogP contribution is -2.14. The third-order valence-electron chi connectivity index (χ3n) is 4.79. The molecular weight excluding hydrogens is 344 g/mol. The number of hydrogen-bond acceptors (Lipinski definition) is 6. The van der Waals surface area contributed by atoms with Crippen LogP contribution in [0.4, 0.5) is 5.88 Å². The van der Waals surface area contributed by atoms with Crippen LogP contribution in [-0.4, -0.2) is 31.1 Å². The van der Waals surface area contributed by atoms with E-state index in [1.807, 2.05) is 19.9 Å². The van der Waals surface area contributed by atoms with Crippen molar-refractivity contribution in [1.82, 2.24) is 0 Å². The molecule has 6 nitrogen and oxygen atoms in total. The Bertz CT molecular complexity index is 1020. The average Bonchev–Trinajstić information content (AvgIpc) is 3.03. The number of aryl methyl sites for hydroxylation is 2. The minimum absolute atomic E-state index is 0.0278. The maximum absolute atomic E-state index is 13.4. The molecule has 0 atom stereocenters. The van der Waals surface area contributed by atoms with Gasteiger partial charge in [0.25, 0.3) is 0 Å². The van der Waals surface area contributed by atoms with Gasteiger partial charge < -0.3 is 25.3 Å². The number of phenolic OH excluding ortho intramolecular Hbond substituents is 1. The van der Waals surface area contributed by atoms with E-state index in [0.29, 0.717) is 46.8 Å². The van der Waals surface area contributed by atoms with Crippen molar-refractivity contribution in [2.75, 3.05) is 25.5 Å². The van der Waals surface area contributed by atoms with Crippen LogP contribution < -0.4 is 15.8 Å². The minimum atomic E-state index is -0.210. The molecular formula is C21H24N2O4. The second-order valence-corrected chi connectivity index (χ2v) is 6.58. The number of benzene rings is 2. The monoisotopic (exact) mass is 368 g/mol. The summed E-state index contributed by atoms with van der Waals surface area (Å²) in [5.41, 5.74) is 9.36. The second-order valence-electron chi connectivity index (χ2n) is 6.58. The molecule has 0 aliphatic rings. The van der Waals surface area contributed by atoms with Crippen LogP contribution in [-0.2, 0) is 0 Å². The van der Waals surface area contributed by atoms with Crippen LogP contribution in [0.25, 0.3) is 11.0 Å². The van der Waals surface area contributed by atoms with Gasteiger partial charge in [-0.3, -0.25) is 4.79 Å². The topological polar surface area (TPSA) is 97.7 Å². The molecule has 0 fully saturated rings. The largest absolute Gasteiger partial charge is 0.504 e. The van der Waals surface area contributed by atoms with Crippen molar-refractivity contribution in [1.29, 1.82) is 0 Å². The number of aromatic hydroxyl groups is 1. The fourth-order valence-corrected chi connectivity index (χ4v) is 3.10. The Kier molecular flexibility index (Phi) is 5.10. The van der Waals surface area contributed by atoms with E-state index in [1.54, 1.807) is 32.2 Å². The number of nitrogens with two attached hydrogens (primary N) is 1. The molecule has 0 spiro atoms. The molecule has 0 amide bonds. The third-order valence-corrected chi connectivity index (χ3v) is 4.79. The Hall–Kier alpha value is -2.99. The van der Waals surface area contributed by atoms with E-state index >= 15 is 0 Å². The summed E-state index contributed by atoms with van der Waals surface area (Å²) in [7, 11) is 1.58. The zero-order valence-corrected chi connectivity index (χ0v) is 16.0. The van der Waals surface area contributed by atoms with E-state index in [4.69, 9.17) is 14.9 Å². The summed E-state index contributed by atoms with van der Waals surface area (Å²) in [6.07, 6.45) is 0. The third kappa shape index (κ3) is 3.24. The van der Waals surface area contributed by atoms with Gasteiger partial charge in [0.15, 0.2) is 17.1 Å². The molecule has 142 valence electrons. The first-order chi connectivity index (χ1) is 12.9. The Morgan fingerprint density at radius 3 is 2.63 bits per heavy atom. The van der Waals surface area contributed by atoms with Crippen molar-refractivity contribution in [3.63, 3.8) is 0 Å². The summed E-state index contributed by atoms with van der Waals surface area (Å²) in [5.74, 6) is 0.776. The van der Waals surface area contributed by atoms with Crippen LogP contribution in [0.1, 0.15) is 32.6 Å². The van der Waals surface area contributed by atoms with Gasteiger partial charge in [-0.2, -0.15) is 0 Å². The normalized spacial score (nSPS) is 11.0. The van der Waals surface area contributed by atoms with Crippen molar-refractivity contribution >= 4 is 22.6 Å². The fraction of sp³-hybridized carbons (Fsp3) is 0.286. The Morgan fingerprint density at radius 2 is 1.96 bits per heavy atom. The Labute approximate surface area is 157 Å². The number of ketones is 1. The lowest BCUT2D eigenvalue weighted by Gasteiger charge is -2.11. The van der Waals surface area contributed by atoms with Gasteiger partial charge in [0.1, 0.15) is 5.75 Å². The van der Waals surface area contributed by atoms with Crippen molar-refractivity contribution < 1.29 is 19.1 Å². The highest BCUT2D eigenvalue weighted by Crippen LogP contribution is 2.38. The summed E-state index contributed by atoms with van der Waals surface area (Å²) in [6.45, 7) is 6.48. The molecule has 1 aromatic heterocycles. The molecule has 27 heavy (non-hydrogen) atoms. The molecule has 4 N–H and O–H groups in total. The maximum atomic E-state index is 13.4. The van der Waals surface area contributed by atoms with Crippen LogP contribution in [0.2, 0.25) is 0 Å². The lowest BCUT2D eigenvalue weighted by atomic mass is 9.97. The van der Waals surface area contributed by atoms with Crippen LogP contribution in [0.5, 0.6) is 11.5 Å². The molecule has 2 aromatic carbocycles. The molecule has 0 radical (unpaired) electrons. The van der Waals surface area contributed by atoms with E-state index in [9.17, 15) is 9.90 Å². The summed E-state index contributed by atoms with van der Waals surface area (Å²) < 4.78 is 11.2. The zero-order valence-electron chi connectivity index (χ0n) is 16.0. The number of ether oxygens (including phenoxy) is 1. The van der Waals surface area contributed by atoms with Crippen LogP contribution >= 0.6 is 0 Å². The van der Waals surface area contributed by atoms with Gasteiger partial charge in [0.05, 0.1) is 12.7 Å². The molecule has 1 heterocycles. The number of carbonyl (C=O) groups is 1. The Balaban J connectivity index is 2.21. The summed E-state index contributed by atoms with van der Waals surface area (Å²) in [6, 6.07) is 7.11. The van der Waals surface area contributed by atoms with E-state index in [-0.39, 0.29) is 17.1 Å². The number of methoxy groups -OCH3 is 1. The fourth-order valence-electron chi connectivity index (χ4n) is 3.10. The molecule has 3 rings (SSSR count). The van der Waals surface area contributed by atoms with Crippen molar-refractivity contribution in [2.45, 2.75) is 20.8 Å². The quantitative estimate of drug-likeness (QED) is 0.574. The van der Waals surface area contributed by atoms with E-state index < -0.39 is 0 Å². The average molecular weight is 368 g/mol. The number of fused-ring (bicyclic) bond motifs is 1. The van der Waals surface area contributed by atoms with Gasteiger partial charge in [-0.1, -0.05) is 6.07 Å². The van der Waals surface area contributed by atoms with Gasteiger partial charge in [-0.05, 0) is 55.7 Å². The van der Waals surface area contributed by atoms with E-state index in [0.717, 1.165) is 11.1 Å². The molecule has 0 aliphatic carbocycles. The molecule has 0 unspecified atom stereocenters. The standard InChI is InChI=1S/C21H24N2O4/c1-11-5-6-15-17(21(23-8-7-22)27-20(15)18(11)24)19(25)14-9-12(2)13(3)16(10-14)26-4/h5-6,9-10,23-24H,7-8,22H2,1-4H3. The molecule has 0 bridgehead atoms. The minimum Gasteiger partial charge on any atom is -0.504 e. The van der Waals surface area contributed by atoms with E-state index in [1.165, 1.54) is 0 Å². The Morgan fingerprint density at radius 1 is 1.22 bits per heavy atom. The first kappa shape index (κ1) is 18.8. The highest BCUT2D eigenvalue weighted by Gasteiger charge is 2.25. The zero-order chi connectivity index (χ0) is 19.7. The summed E-state index contributed by atoms with van der Waals surface area (Å²) >= 11 is 0. The van der Waals surface area contributed by atoms with Crippen LogP contribution in [0.3, 0.4) is 0 Å². The smallest absolute Gasteiger partial charge is 0.205 e. The molecule has 0 aliphatic heterocycles. The molecule has 0 saturated carbocycles.